The minimum atomic E-state index is 0.541. The van der Waals surface area contributed by atoms with Gasteiger partial charge in [0.1, 0.15) is 12.9 Å². The molecule has 1 heterocycles. The molecule has 0 bridgehead atoms. The lowest BCUT2D eigenvalue weighted by Gasteiger charge is -2.14. The number of ether oxygens (including phenoxy) is 2. The van der Waals surface area contributed by atoms with Crippen LogP contribution in [0.3, 0.4) is 0 Å². The van der Waals surface area contributed by atoms with Crippen molar-refractivity contribution in [2.45, 2.75) is 13.3 Å². The summed E-state index contributed by atoms with van der Waals surface area (Å²) in [5.41, 5.74) is 4.30. The zero-order valence-corrected chi connectivity index (χ0v) is 10.3. The molecule has 1 aromatic rings. The van der Waals surface area contributed by atoms with Gasteiger partial charge in [-0.15, -0.1) is 0 Å². The van der Waals surface area contributed by atoms with Gasteiger partial charge in [-0.3, -0.25) is 4.99 Å². The minimum Gasteiger partial charge on any atom is -0.493 e. The Bertz CT molecular complexity index is 432. The summed E-state index contributed by atoms with van der Waals surface area (Å²) >= 11 is 0. The maximum atomic E-state index is 5.43. The summed E-state index contributed by atoms with van der Waals surface area (Å²) in [7, 11) is 1.69. The maximum Gasteiger partial charge on any atom is 0.130 e. The van der Waals surface area contributed by atoms with Crippen LogP contribution in [0, 0.1) is 6.92 Å². The maximum absolute atomic E-state index is 5.43. The SMILES string of the molecule is COCCC1=COCC(c2ccc(C)cc2)=N1. The highest BCUT2D eigenvalue weighted by molar-refractivity contribution is 6.02. The molecule has 1 aliphatic rings. The molecule has 3 nitrogen and oxygen atoms in total. The highest BCUT2D eigenvalue weighted by atomic mass is 16.5. The van der Waals surface area contributed by atoms with Gasteiger partial charge in [-0.1, -0.05) is 29.8 Å². The van der Waals surface area contributed by atoms with Gasteiger partial charge in [0, 0.05) is 13.5 Å². The summed E-state index contributed by atoms with van der Waals surface area (Å²) in [5, 5.41) is 0. The van der Waals surface area contributed by atoms with Gasteiger partial charge >= 0.3 is 0 Å². The average molecular weight is 231 g/mol. The Balaban J connectivity index is 2.13. The van der Waals surface area contributed by atoms with E-state index in [0.29, 0.717) is 13.2 Å². The molecular weight excluding hydrogens is 214 g/mol. The minimum absolute atomic E-state index is 0.541. The van der Waals surface area contributed by atoms with Gasteiger partial charge in [0.25, 0.3) is 0 Å². The molecule has 1 aromatic carbocycles. The second-order valence-electron chi connectivity index (χ2n) is 4.09. The highest BCUT2D eigenvalue weighted by Gasteiger charge is 2.10. The summed E-state index contributed by atoms with van der Waals surface area (Å²) in [6, 6.07) is 8.34. The Kier molecular flexibility index (Phi) is 3.94. The van der Waals surface area contributed by atoms with Crippen molar-refractivity contribution in [1.29, 1.82) is 0 Å². The van der Waals surface area contributed by atoms with E-state index in [1.165, 1.54) is 5.56 Å². The number of methoxy groups -OCH3 is 1. The number of benzene rings is 1. The molecule has 0 amide bonds. The van der Waals surface area contributed by atoms with E-state index in [4.69, 9.17) is 9.47 Å². The molecule has 0 saturated carbocycles. The molecule has 0 N–H and O–H groups in total. The number of aliphatic imine (C=N–C) groups is 1. The third kappa shape index (κ3) is 3.17. The summed E-state index contributed by atoms with van der Waals surface area (Å²) in [5.74, 6) is 0. The Morgan fingerprint density at radius 1 is 1.29 bits per heavy atom. The van der Waals surface area contributed by atoms with Crippen LogP contribution in [0.25, 0.3) is 0 Å². The number of aryl methyl sites for hydroxylation is 1. The molecule has 0 aliphatic carbocycles. The van der Waals surface area contributed by atoms with E-state index in [9.17, 15) is 0 Å². The molecule has 2 rings (SSSR count). The normalized spacial score (nSPS) is 14.9. The Morgan fingerprint density at radius 3 is 2.76 bits per heavy atom. The van der Waals surface area contributed by atoms with Crippen LogP contribution in [0.15, 0.2) is 41.2 Å². The van der Waals surface area contributed by atoms with Gasteiger partial charge in [0.05, 0.1) is 18.0 Å². The second kappa shape index (κ2) is 5.64. The van der Waals surface area contributed by atoms with E-state index >= 15 is 0 Å². The Morgan fingerprint density at radius 2 is 2.06 bits per heavy atom. The first-order chi connectivity index (χ1) is 8.29. The number of rotatable bonds is 4. The number of nitrogens with zero attached hydrogens (tertiary/aromatic N) is 1. The molecule has 0 aromatic heterocycles. The van der Waals surface area contributed by atoms with Crippen molar-refractivity contribution in [3.8, 4) is 0 Å². The predicted molar refractivity (Wildman–Crippen MR) is 68.2 cm³/mol. The number of hydrogen-bond donors (Lipinski definition) is 0. The Hall–Kier alpha value is -1.61. The van der Waals surface area contributed by atoms with Crippen molar-refractivity contribution < 1.29 is 9.47 Å². The van der Waals surface area contributed by atoms with Crippen LogP contribution in [0.2, 0.25) is 0 Å². The van der Waals surface area contributed by atoms with Crippen molar-refractivity contribution in [3.05, 3.63) is 47.4 Å². The fraction of sp³-hybridized carbons (Fsp3) is 0.357. The van der Waals surface area contributed by atoms with Crippen molar-refractivity contribution in [1.82, 2.24) is 0 Å². The molecular formula is C14H17NO2. The lowest BCUT2D eigenvalue weighted by atomic mass is 10.1. The van der Waals surface area contributed by atoms with Crippen LogP contribution in [0.4, 0.5) is 0 Å². The van der Waals surface area contributed by atoms with Gasteiger partial charge in [-0.25, -0.2) is 0 Å². The summed E-state index contributed by atoms with van der Waals surface area (Å²) in [6.45, 7) is 3.28. The van der Waals surface area contributed by atoms with Crippen molar-refractivity contribution in [2.75, 3.05) is 20.3 Å². The Labute approximate surface area is 102 Å². The fourth-order valence-corrected chi connectivity index (χ4v) is 1.66. The molecule has 90 valence electrons. The van der Waals surface area contributed by atoms with Crippen LogP contribution in [0.1, 0.15) is 17.5 Å². The molecule has 0 spiro atoms. The van der Waals surface area contributed by atoms with Gasteiger partial charge < -0.3 is 9.47 Å². The van der Waals surface area contributed by atoms with E-state index in [0.717, 1.165) is 23.4 Å². The standard InChI is InChI=1S/C14H17NO2/c1-11-3-5-12(6-4-11)14-10-17-9-13(15-14)7-8-16-2/h3-6,9H,7-8,10H2,1-2H3. The molecule has 0 saturated heterocycles. The van der Waals surface area contributed by atoms with Crippen LogP contribution >= 0.6 is 0 Å². The first-order valence-electron chi connectivity index (χ1n) is 5.74. The van der Waals surface area contributed by atoms with E-state index < -0.39 is 0 Å². The van der Waals surface area contributed by atoms with E-state index in [1.54, 1.807) is 13.4 Å². The van der Waals surface area contributed by atoms with Gasteiger partial charge in [0.2, 0.25) is 0 Å². The topological polar surface area (TPSA) is 30.8 Å². The fourth-order valence-electron chi connectivity index (χ4n) is 1.66. The van der Waals surface area contributed by atoms with Gasteiger partial charge in [0.15, 0.2) is 0 Å². The van der Waals surface area contributed by atoms with E-state index in [1.807, 2.05) is 0 Å². The zero-order valence-electron chi connectivity index (χ0n) is 10.3. The average Bonchev–Trinajstić information content (AvgIpc) is 2.37. The third-order valence-electron chi connectivity index (χ3n) is 2.67. The highest BCUT2D eigenvalue weighted by Crippen LogP contribution is 2.14. The third-order valence-corrected chi connectivity index (χ3v) is 2.67. The molecule has 3 heteroatoms. The van der Waals surface area contributed by atoms with Crippen LogP contribution < -0.4 is 0 Å². The second-order valence-corrected chi connectivity index (χ2v) is 4.09. The smallest absolute Gasteiger partial charge is 0.130 e. The molecule has 0 radical (unpaired) electrons. The molecule has 1 aliphatic heterocycles. The van der Waals surface area contributed by atoms with Gasteiger partial charge in [-0.05, 0) is 12.5 Å². The summed E-state index contributed by atoms with van der Waals surface area (Å²) in [4.78, 5) is 4.59. The van der Waals surface area contributed by atoms with Crippen LogP contribution in [-0.4, -0.2) is 26.0 Å². The van der Waals surface area contributed by atoms with E-state index in [2.05, 4.69) is 36.2 Å². The van der Waals surface area contributed by atoms with Crippen molar-refractivity contribution in [2.24, 2.45) is 4.99 Å². The number of hydrogen-bond acceptors (Lipinski definition) is 3. The van der Waals surface area contributed by atoms with Gasteiger partial charge in [-0.2, -0.15) is 0 Å². The quantitative estimate of drug-likeness (QED) is 0.797. The summed E-state index contributed by atoms with van der Waals surface area (Å²) < 4.78 is 10.5. The largest absolute Gasteiger partial charge is 0.493 e. The van der Waals surface area contributed by atoms with Crippen LogP contribution in [-0.2, 0) is 9.47 Å². The first-order valence-corrected chi connectivity index (χ1v) is 5.74. The first kappa shape index (κ1) is 11.9. The zero-order chi connectivity index (χ0) is 12.1. The molecule has 0 unspecified atom stereocenters. The van der Waals surface area contributed by atoms with Crippen molar-refractivity contribution in [3.63, 3.8) is 0 Å². The summed E-state index contributed by atoms with van der Waals surface area (Å²) in [6.07, 6.45) is 2.50. The lowest BCUT2D eigenvalue weighted by Crippen LogP contribution is -2.13. The lowest BCUT2D eigenvalue weighted by molar-refractivity contribution is 0.199. The monoisotopic (exact) mass is 231 g/mol. The molecule has 0 atom stereocenters. The van der Waals surface area contributed by atoms with Crippen molar-refractivity contribution >= 4 is 5.71 Å². The van der Waals surface area contributed by atoms with E-state index in [-0.39, 0.29) is 0 Å². The predicted octanol–water partition coefficient (Wildman–Crippen LogP) is 2.69. The molecule has 17 heavy (non-hydrogen) atoms. The molecule has 0 fully saturated rings. The van der Waals surface area contributed by atoms with Crippen LogP contribution in [0.5, 0.6) is 0 Å².